The normalized spacial score (nSPS) is 29.7. The number of carbonyl (C=O) groups excluding carboxylic acids is 3. The number of carbonyl (C=O) groups is 3. The Hall–Kier alpha value is -1.24. The van der Waals surface area contributed by atoms with Gasteiger partial charge < -0.3 is 15.5 Å². The van der Waals surface area contributed by atoms with Crippen LogP contribution in [0.4, 0.5) is 0 Å². The molecular formula is C13H21N3O3S. The lowest BCUT2D eigenvalue weighted by Gasteiger charge is -2.44. The quantitative estimate of drug-likeness (QED) is 0.749. The SMILES string of the molecule is CCC1NC(=O)C2CC(NC(=O)CSC)CCN2C1=O. The average Bonchev–Trinajstić information content (AvgIpc) is 2.43. The zero-order valence-electron chi connectivity index (χ0n) is 11.8. The molecule has 0 aromatic heterocycles. The smallest absolute Gasteiger partial charge is 0.245 e. The first-order valence-corrected chi connectivity index (χ1v) is 8.35. The van der Waals surface area contributed by atoms with E-state index in [0.29, 0.717) is 31.6 Å². The van der Waals surface area contributed by atoms with Crippen LogP contribution in [0.3, 0.4) is 0 Å². The largest absolute Gasteiger partial charge is 0.352 e. The standard InChI is InChI=1S/C13H21N3O3S/c1-3-9-13(19)16-5-4-8(14-11(17)7-20-2)6-10(16)12(18)15-9/h8-10H,3-7H2,1-2H3,(H,14,17)(H,15,18). The molecule has 2 heterocycles. The number of hydrogen-bond donors (Lipinski definition) is 2. The average molecular weight is 299 g/mol. The van der Waals surface area contributed by atoms with Crippen molar-refractivity contribution in [1.29, 1.82) is 0 Å². The van der Waals surface area contributed by atoms with Crippen LogP contribution in [0.25, 0.3) is 0 Å². The number of thioether (sulfide) groups is 1. The molecule has 20 heavy (non-hydrogen) atoms. The molecule has 0 aliphatic carbocycles. The molecule has 0 saturated carbocycles. The first-order chi connectivity index (χ1) is 9.56. The molecule has 0 spiro atoms. The van der Waals surface area contributed by atoms with Crippen LogP contribution in [-0.2, 0) is 14.4 Å². The molecule has 3 atom stereocenters. The second kappa shape index (κ2) is 6.47. The zero-order valence-corrected chi connectivity index (χ0v) is 12.7. The highest BCUT2D eigenvalue weighted by Gasteiger charge is 2.43. The minimum absolute atomic E-state index is 0.00555. The van der Waals surface area contributed by atoms with Crippen molar-refractivity contribution in [2.75, 3.05) is 18.6 Å². The Bertz CT molecular complexity index is 416. The molecule has 2 fully saturated rings. The molecule has 7 heteroatoms. The van der Waals surface area contributed by atoms with Crippen LogP contribution >= 0.6 is 11.8 Å². The van der Waals surface area contributed by atoms with Crippen molar-refractivity contribution in [2.24, 2.45) is 0 Å². The van der Waals surface area contributed by atoms with Crippen LogP contribution in [0.1, 0.15) is 26.2 Å². The number of rotatable bonds is 4. The highest BCUT2D eigenvalue weighted by molar-refractivity contribution is 7.99. The minimum atomic E-state index is -0.432. The summed E-state index contributed by atoms with van der Waals surface area (Å²) in [5.74, 6) is 0.324. The van der Waals surface area contributed by atoms with Crippen LogP contribution in [0.2, 0.25) is 0 Å². The number of piperazine rings is 1. The van der Waals surface area contributed by atoms with E-state index in [1.54, 1.807) is 4.90 Å². The Labute approximate surface area is 123 Å². The van der Waals surface area contributed by atoms with E-state index in [0.717, 1.165) is 0 Å². The maximum atomic E-state index is 12.2. The van der Waals surface area contributed by atoms with Gasteiger partial charge in [-0.25, -0.2) is 0 Å². The summed E-state index contributed by atoms with van der Waals surface area (Å²) >= 11 is 1.47. The van der Waals surface area contributed by atoms with Gasteiger partial charge >= 0.3 is 0 Å². The Morgan fingerprint density at radius 2 is 2.25 bits per heavy atom. The molecule has 2 rings (SSSR count). The lowest BCUT2D eigenvalue weighted by molar-refractivity contribution is -0.151. The summed E-state index contributed by atoms with van der Waals surface area (Å²) in [6.45, 7) is 2.43. The summed E-state index contributed by atoms with van der Waals surface area (Å²) in [5.41, 5.74) is 0. The third-order valence-corrected chi connectivity index (χ3v) is 4.40. The van der Waals surface area contributed by atoms with Gasteiger partial charge in [-0.3, -0.25) is 14.4 Å². The molecule has 0 radical (unpaired) electrons. The van der Waals surface area contributed by atoms with Crippen molar-refractivity contribution in [3.63, 3.8) is 0 Å². The van der Waals surface area contributed by atoms with E-state index in [-0.39, 0.29) is 29.8 Å². The molecule has 112 valence electrons. The lowest BCUT2D eigenvalue weighted by Crippen LogP contribution is -2.66. The van der Waals surface area contributed by atoms with Gasteiger partial charge in [-0.1, -0.05) is 6.92 Å². The number of fused-ring (bicyclic) bond motifs is 1. The summed E-state index contributed by atoms with van der Waals surface area (Å²) in [7, 11) is 0. The summed E-state index contributed by atoms with van der Waals surface area (Å²) in [6, 6.07) is -0.840. The molecule has 2 aliphatic rings. The molecule has 0 aromatic carbocycles. The third kappa shape index (κ3) is 3.08. The number of nitrogens with one attached hydrogen (secondary N) is 2. The number of hydrogen-bond acceptors (Lipinski definition) is 4. The van der Waals surface area contributed by atoms with E-state index >= 15 is 0 Å². The van der Waals surface area contributed by atoms with Crippen molar-refractivity contribution < 1.29 is 14.4 Å². The van der Waals surface area contributed by atoms with Gasteiger partial charge in [0.15, 0.2) is 0 Å². The zero-order chi connectivity index (χ0) is 14.7. The van der Waals surface area contributed by atoms with Crippen LogP contribution in [0.15, 0.2) is 0 Å². The number of amides is 3. The summed E-state index contributed by atoms with van der Waals surface area (Å²) in [4.78, 5) is 37.5. The Morgan fingerprint density at radius 1 is 1.50 bits per heavy atom. The van der Waals surface area contributed by atoms with E-state index in [1.807, 2.05) is 13.2 Å². The molecule has 0 bridgehead atoms. The Kier molecular flexibility index (Phi) is 4.91. The monoisotopic (exact) mass is 299 g/mol. The van der Waals surface area contributed by atoms with E-state index in [9.17, 15) is 14.4 Å². The van der Waals surface area contributed by atoms with Crippen molar-refractivity contribution >= 4 is 29.5 Å². The molecule has 0 aromatic rings. The van der Waals surface area contributed by atoms with E-state index in [2.05, 4.69) is 10.6 Å². The van der Waals surface area contributed by atoms with E-state index < -0.39 is 6.04 Å². The van der Waals surface area contributed by atoms with Crippen LogP contribution in [0.5, 0.6) is 0 Å². The summed E-state index contributed by atoms with van der Waals surface area (Å²) in [6.07, 6.45) is 3.71. The van der Waals surface area contributed by atoms with Crippen LogP contribution in [0, 0.1) is 0 Å². The van der Waals surface area contributed by atoms with Crippen molar-refractivity contribution in [1.82, 2.24) is 15.5 Å². The third-order valence-electron chi connectivity index (χ3n) is 3.85. The molecule has 6 nitrogen and oxygen atoms in total. The van der Waals surface area contributed by atoms with Gasteiger partial charge in [0.25, 0.3) is 0 Å². The molecule has 2 aliphatic heterocycles. The fourth-order valence-electron chi connectivity index (χ4n) is 2.82. The maximum Gasteiger partial charge on any atom is 0.245 e. The fourth-order valence-corrected chi connectivity index (χ4v) is 3.16. The first kappa shape index (κ1) is 15.2. The predicted octanol–water partition coefficient (Wildman–Crippen LogP) is -0.266. The van der Waals surface area contributed by atoms with Crippen molar-refractivity contribution in [3.05, 3.63) is 0 Å². The van der Waals surface area contributed by atoms with E-state index in [4.69, 9.17) is 0 Å². The maximum absolute atomic E-state index is 12.2. The van der Waals surface area contributed by atoms with Gasteiger partial charge in [-0.15, -0.1) is 0 Å². The Morgan fingerprint density at radius 3 is 2.90 bits per heavy atom. The second-order valence-electron chi connectivity index (χ2n) is 5.24. The van der Waals surface area contributed by atoms with Crippen LogP contribution < -0.4 is 10.6 Å². The van der Waals surface area contributed by atoms with Gasteiger partial charge in [-0.2, -0.15) is 11.8 Å². The van der Waals surface area contributed by atoms with Gasteiger partial charge in [-0.05, 0) is 25.5 Å². The fraction of sp³-hybridized carbons (Fsp3) is 0.769. The van der Waals surface area contributed by atoms with Crippen LogP contribution in [-0.4, -0.2) is 59.3 Å². The second-order valence-corrected chi connectivity index (χ2v) is 6.10. The number of nitrogens with zero attached hydrogens (tertiary/aromatic N) is 1. The number of piperidine rings is 1. The van der Waals surface area contributed by atoms with E-state index in [1.165, 1.54) is 11.8 Å². The summed E-state index contributed by atoms with van der Waals surface area (Å²) < 4.78 is 0. The molecular weight excluding hydrogens is 278 g/mol. The van der Waals surface area contributed by atoms with Gasteiger partial charge in [0, 0.05) is 12.6 Å². The lowest BCUT2D eigenvalue weighted by atomic mass is 9.92. The molecule has 3 unspecified atom stereocenters. The van der Waals surface area contributed by atoms with Gasteiger partial charge in [0.05, 0.1) is 5.75 Å². The molecule has 2 saturated heterocycles. The minimum Gasteiger partial charge on any atom is -0.352 e. The summed E-state index contributed by atoms with van der Waals surface area (Å²) in [5, 5.41) is 5.70. The van der Waals surface area contributed by atoms with Gasteiger partial charge in [0.2, 0.25) is 17.7 Å². The first-order valence-electron chi connectivity index (χ1n) is 6.96. The topological polar surface area (TPSA) is 78.5 Å². The molecule has 2 N–H and O–H groups in total. The van der Waals surface area contributed by atoms with Crippen molar-refractivity contribution in [2.45, 2.75) is 44.3 Å². The Balaban J connectivity index is 1.98. The van der Waals surface area contributed by atoms with Gasteiger partial charge in [0.1, 0.15) is 12.1 Å². The predicted molar refractivity (Wildman–Crippen MR) is 77.3 cm³/mol. The molecule has 3 amide bonds. The highest BCUT2D eigenvalue weighted by atomic mass is 32.2. The highest BCUT2D eigenvalue weighted by Crippen LogP contribution is 2.23. The van der Waals surface area contributed by atoms with Crippen molar-refractivity contribution in [3.8, 4) is 0 Å².